The van der Waals surface area contributed by atoms with Crippen LogP contribution in [0.4, 0.5) is 9.18 Å². The Kier molecular flexibility index (Phi) is 4.05. The zero-order chi connectivity index (χ0) is 28.1. The topological polar surface area (TPSA) is 57.2 Å². The summed E-state index contributed by atoms with van der Waals surface area (Å²) in [5.41, 5.74) is 0.226. The van der Waals surface area contributed by atoms with Crippen molar-refractivity contribution in [2.75, 3.05) is 38.8 Å². The largest absolute Gasteiger partial charge is 0.493 e. The Morgan fingerprint density at radius 1 is 1.27 bits per heavy atom. The third-order valence-electron chi connectivity index (χ3n) is 4.45. The summed E-state index contributed by atoms with van der Waals surface area (Å²) in [5, 5.41) is 0. The number of rotatable bonds is 6. The molecule has 0 aliphatic carbocycles. The molecule has 2 atom stereocenters. The van der Waals surface area contributed by atoms with E-state index in [9.17, 15) is 9.18 Å². The number of nitrogens with zero attached hydrogens (tertiary/aromatic N) is 1. The lowest BCUT2D eigenvalue weighted by molar-refractivity contribution is 0.0717. The molecule has 0 bridgehead atoms. The van der Waals surface area contributed by atoms with E-state index in [-0.39, 0.29) is 40.2 Å². The lowest BCUT2D eigenvalue weighted by Crippen LogP contribution is -2.45. The molecule has 6 nitrogen and oxygen atoms in total. The van der Waals surface area contributed by atoms with Crippen LogP contribution in [-0.2, 0) is 4.74 Å². The average Bonchev–Trinajstić information content (AvgIpc) is 3.09. The lowest BCUT2D eigenvalue weighted by Gasteiger charge is -2.38. The molecular weight excluding hydrogens is 413 g/mol. The lowest BCUT2D eigenvalue weighted by atomic mass is 9.81. The van der Waals surface area contributed by atoms with Crippen LogP contribution in [0.3, 0.4) is 0 Å². The molecule has 2 aromatic carbocycles. The van der Waals surface area contributed by atoms with Crippen molar-refractivity contribution < 1.29 is 39.1 Å². The molecule has 1 fully saturated rings. The molecule has 0 saturated carbocycles. The molecule has 0 spiro atoms. The minimum Gasteiger partial charge on any atom is -0.493 e. The number of piperidine rings is 1. The molecule has 0 radical (unpaired) electrons. The maximum atomic E-state index is 13.7. The molecule has 2 aliphatic heterocycles. The number of carbonyl (C=O) groups excluding carboxylic acids is 1. The van der Waals surface area contributed by atoms with Gasteiger partial charge >= 0.3 is 6.09 Å². The van der Waals surface area contributed by atoms with Gasteiger partial charge in [-0.15, -0.1) is 11.6 Å². The first-order valence-electron chi connectivity index (χ1n) is 13.1. The Bertz CT molecular complexity index is 1200. The van der Waals surface area contributed by atoms with E-state index in [4.69, 9.17) is 41.5 Å². The summed E-state index contributed by atoms with van der Waals surface area (Å²) < 4.78 is 101. The standard InChI is InChI=1S/C22H23ClFNO5/c23-8-10-27-22(26)25-9-7-19(15-1-3-17(24)4-2-15)16(12-25)13-28-18-5-6-20-21(11-18)30-14-29-20/h1-6,11,16,19H,7-10,12-14H2/t16-,19-/m0/s1/i9D2,12D2,13D2,14D2. The molecule has 0 unspecified atom stereocenters. The third-order valence-corrected chi connectivity index (χ3v) is 4.60. The highest BCUT2D eigenvalue weighted by molar-refractivity contribution is 6.18. The monoisotopic (exact) mass is 443 g/mol. The Morgan fingerprint density at radius 3 is 2.87 bits per heavy atom. The van der Waals surface area contributed by atoms with E-state index >= 15 is 0 Å². The van der Waals surface area contributed by atoms with Gasteiger partial charge in [0.15, 0.2) is 11.5 Å². The zero-order valence-electron chi connectivity index (χ0n) is 23.6. The van der Waals surface area contributed by atoms with Gasteiger partial charge in [0.25, 0.3) is 0 Å². The van der Waals surface area contributed by atoms with Gasteiger partial charge < -0.3 is 23.8 Å². The predicted molar refractivity (Wildman–Crippen MR) is 109 cm³/mol. The Morgan fingerprint density at radius 2 is 2.07 bits per heavy atom. The molecule has 1 saturated heterocycles. The van der Waals surface area contributed by atoms with E-state index < -0.39 is 56.5 Å². The number of halogens is 2. The van der Waals surface area contributed by atoms with Gasteiger partial charge in [0.2, 0.25) is 6.75 Å². The molecule has 4 rings (SSSR count). The van der Waals surface area contributed by atoms with Crippen molar-refractivity contribution in [2.45, 2.75) is 12.3 Å². The Labute approximate surface area is 190 Å². The third kappa shape index (κ3) is 4.73. The highest BCUT2D eigenvalue weighted by Gasteiger charge is 2.33. The second-order valence-electron chi connectivity index (χ2n) is 6.38. The summed E-state index contributed by atoms with van der Waals surface area (Å²) in [6, 6.07) is 8.46. The zero-order valence-corrected chi connectivity index (χ0v) is 16.3. The van der Waals surface area contributed by atoms with Gasteiger partial charge in [-0.2, -0.15) is 0 Å². The molecule has 2 heterocycles. The van der Waals surface area contributed by atoms with Crippen LogP contribution in [0.5, 0.6) is 17.2 Å². The van der Waals surface area contributed by atoms with Crippen LogP contribution in [0.1, 0.15) is 28.9 Å². The van der Waals surface area contributed by atoms with Crippen molar-refractivity contribution in [3.8, 4) is 17.2 Å². The number of hydrogen-bond donors (Lipinski definition) is 0. The molecule has 1 amide bonds. The number of likely N-dealkylation sites (tertiary alicyclic amines) is 1. The summed E-state index contributed by atoms with van der Waals surface area (Å²) in [5.74, 6) is -4.01. The average molecular weight is 444 g/mol. The fourth-order valence-corrected chi connectivity index (χ4v) is 3.05. The smallest absolute Gasteiger partial charge is 0.409 e. The second kappa shape index (κ2) is 9.43. The first-order valence-corrected chi connectivity index (χ1v) is 9.60. The first kappa shape index (κ1) is 12.9. The molecule has 30 heavy (non-hydrogen) atoms. The van der Waals surface area contributed by atoms with E-state index in [1.807, 2.05) is 0 Å². The number of hydrogen-bond acceptors (Lipinski definition) is 5. The van der Waals surface area contributed by atoms with Crippen molar-refractivity contribution in [1.29, 1.82) is 0 Å². The van der Waals surface area contributed by atoms with E-state index in [0.29, 0.717) is 0 Å². The number of ether oxygens (including phenoxy) is 4. The SMILES string of the molecule is [2H]C1([2H])Oc2ccc(OC([2H])([2H])[C@H]3[C@H](c4ccc(F)cc4)CC([2H])([2H])N(C(=O)OCCCl)C3([2H])[2H])cc2O1. The van der Waals surface area contributed by atoms with Crippen LogP contribution in [0.2, 0.25) is 0 Å². The maximum absolute atomic E-state index is 13.7. The van der Waals surface area contributed by atoms with Crippen LogP contribution >= 0.6 is 11.6 Å². The van der Waals surface area contributed by atoms with Gasteiger partial charge in [-0.1, -0.05) is 12.1 Å². The van der Waals surface area contributed by atoms with Gasteiger partial charge in [-0.3, -0.25) is 0 Å². The van der Waals surface area contributed by atoms with Gasteiger partial charge in [-0.25, -0.2) is 9.18 Å². The molecule has 0 aromatic heterocycles. The molecule has 8 heteroatoms. The number of amides is 1. The summed E-state index contributed by atoms with van der Waals surface area (Å²) in [6.07, 6.45) is -1.94. The van der Waals surface area contributed by atoms with Crippen molar-refractivity contribution in [3.05, 3.63) is 53.8 Å². The minimum atomic E-state index is -3.03. The molecule has 2 aliphatic rings. The summed E-state index contributed by atoms with van der Waals surface area (Å²) in [6.45, 7) is -11.3. The van der Waals surface area contributed by atoms with Crippen LogP contribution < -0.4 is 14.2 Å². The van der Waals surface area contributed by atoms with E-state index in [0.717, 1.165) is 18.2 Å². The van der Waals surface area contributed by atoms with Crippen molar-refractivity contribution >= 4 is 17.7 Å². The molecular formula is C22H23ClFNO5. The van der Waals surface area contributed by atoms with Gasteiger partial charge in [-0.05, 0) is 42.2 Å². The number of fused-ring (bicyclic) bond motifs is 1. The summed E-state index contributed by atoms with van der Waals surface area (Å²) >= 11 is 5.56. The van der Waals surface area contributed by atoms with Crippen molar-refractivity contribution in [2.24, 2.45) is 5.92 Å². The Hall–Kier alpha value is -2.67. The second-order valence-corrected chi connectivity index (χ2v) is 6.76. The van der Waals surface area contributed by atoms with Crippen LogP contribution in [0, 0.1) is 11.7 Å². The molecule has 0 N–H and O–H groups in total. The van der Waals surface area contributed by atoms with Crippen LogP contribution in [0.25, 0.3) is 0 Å². The van der Waals surface area contributed by atoms with E-state index in [1.165, 1.54) is 24.3 Å². The number of benzene rings is 2. The number of alkyl halides is 1. The predicted octanol–water partition coefficient (Wildman–Crippen LogP) is 4.41. The fraction of sp³-hybridized carbons (Fsp3) is 0.409. The normalized spacial score (nSPS) is 29.6. The number of carbonyl (C=O) groups is 1. The fourth-order valence-electron chi connectivity index (χ4n) is 2.98. The maximum Gasteiger partial charge on any atom is 0.409 e. The van der Waals surface area contributed by atoms with E-state index in [2.05, 4.69) is 0 Å². The molecule has 160 valence electrons. The Balaban J connectivity index is 1.76. The van der Waals surface area contributed by atoms with E-state index in [1.54, 1.807) is 0 Å². The highest BCUT2D eigenvalue weighted by atomic mass is 35.5. The van der Waals surface area contributed by atoms with Crippen molar-refractivity contribution in [1.82, 2.24) is 4.90 Å². The van der Waals surface area contributed by atoms with Crippen LogP contribution in [0.15, 0.2) is 42.5 Å². The van der Waals surface area contributed by atoms with Crippen LogP contribution in [-0.4, -0.2) is 49.8 Å². The van der Waals surface area contributed by atoms with Gasteiger partial charge in [0, 0.05) is 30.5 Å². The van der Waals surface area contributed by atoms with Gasteiger partial charge in [0.1, 0.15) is 20.9 Å². The minimum absolute atomic E-state index is 0.0431. The van der Waals surface area contributed by atoms with Gasteiger partial charge in [0.05, 0.1) is 15.2 Å². The molecule has 2 aromatic rings. The summed E-state index contributed by atoms with van der Waals surface area (Å²) in [7, 11) is 0. The highest BCUT2D eigenvalue weighted by Crippen LogP contribution is 2.37. The summed E-state index contributed by atoms with van der Waals surface area (Å²) in [4.78, 5) is 13.0. The quantitative estimate of drug-likeness (QED) is 0.619. The van der Waals surface area contributed by atoms with Crippen molar-refractivity contribution in [3.63, 3.8) is 0 Å². The first-order chi connectivity index (χ1) is 17.6.